The van der Waals surface area contributed by atoms with Gasteiger partial charge in [-0.05, 0) is 36.1 Å². The first-order valence-electron chi connectivity index (χ1n) is 9.01. The van der Waals surface area contributed by atoms with E-state index < -0.39 is 4.92 Å². The summed E-state index contributed by atoms with van der Waals surface area (Å²) in [6.45, 7) is 4.13. The standard InChI is InChI=1S/C20H26N4O3/c1-3-13-21-20(22-14-12-16-6-10-19(27-2)11-7-16)23-15-17-4-8-18(9-5-17)24(25)26/h4-11H,3,12-15H2,1-2H3,(H2,21,22,23). The Balaban J connectivity index is 1.90. The Morgan fingerprint density at radius 1 is 1.04 bits per heavy atom. The zero-order chi connectivity index (χ0) is 19.5. The third-order valence-corrected chi connectivity index (χ3v) is 3.97. The van der Waals surface area contributed by atoms with Crippen molar-refractivity contribution in [3.63, 3.8) is 0 Å². The number of hydrogen-bond acceptors (Lipinski definition) is 4. The number of ether oxygens (including phenoxy) is 1. The van der Waals surface area contributed by atoms with E-state index in [4.69, 9.17) is 4.74 Å². The van der Waals surface area contributed by atoms with Crippen LogP contribution in [-0.2, 0) is 13.0 Å². The summed E-state index contributed by atoms with van der Waals surface area (Å²) in [6, 6.07) is 14.5. The Morgan fingerprint density at radius 3 is 2.26 bits per heavy atom. The van der Waals surface area contributed by atoms with Crippen LogP contribution in [0.1, 0.15) is 24.5 Å². The van der Waals surface area contributed by atoms with Crippen LogP contribution in [0.4, 0.5) is 5.69 Å². The first kappa shape index (κ1) is 20.2. The van der Waals surface area contributed by atoms with Crippen LogP contribution in [-0.4, -0.2) is 31.1 Å². The second kappa shape index (κ2) is 10.8. The third kappa shape index (κ3) is 6.97. The highest BCUT2D eigenvalue weighted by Gasteiger charge is 2.04. The van der Waals surface area contributed by atoms with E-state index >= 15 is 0 Å². The molecule has 0 atom stereocenters. The maximum atomic E-state index is 10.7. The van der Waals surface area contributed by atoms with Crippen LogP contribution >= 0.6 is 0 Å². The molecule has 0 bridgehead atoms. The molecule has 144 valence electrons. The van der Waals surface area contributed by atoms with Crippen LogP contribution in [0, 0.1) is 10.1 Å². The molecule has 0 aliphatic heterocycles. The molecule has 0 radical (unpaired) electrons. The Labute approximate surface area is 159 Å². The molecule has 2 rings (SSSR count). The predicted molar refractivity (Wildman–Crippen MR) is 107 cm³/mol. The van der Waals surface area contributed by atoms with Crippen LogP contribution in [0.25, 0.3) is 0 Å². The van der Waals surface area contributed by atoms with Crippen molar-refractivity contribution in [2.45, 2.75) is 26.3 Å². The minimum Gasteiger partial charge on any atom is -0.497 e. The van der Waals surface area contributed by atoms with E-state index in [1.165, 1.54) is 17.7 Å². The second-order valence-electron chi connectivity index (χ2n) is 6.04. The number of non-ortho nitro benzene ring substituents is 1. The van der Waals surface area contributed by atoms with E-state index in [2.05, 4.69) is 22.5 Å². The van der Waals surface area contributed by atoms with Crippen molar-refractivity contribution in [1.29, 1.82) is 0 Å². The number of aliphatic imine (C=N–C) groups is 1. The molecule has 0 aliphatic rings. The van der Waals surface area contributed by atoms with Gasteiger partial charge in [-0.3, -0.25) is 10.1 Å². The lowest BCUT2D eigenvalue weighted by molar-refractivity contribution is -0.384. The molecular weight excluding hydrogens is 344 g/mol. The molecule has 7 nitrogen and oxygen atoms in total. The van der Waals surface area contributed by atoms with Gasteiger partial charge in [-0.25, -0.2) is 4.99 Å². The van der Waals surface area contributed by atoms with Gasteiger partial charge in [-0.1, -0.05) is 31.2 Å². The number of nitrogens with one attached hydrogen (secondary N) is 2. The van der Waals surface area contributed by atoms with Crippen molar-refractivity contribution in [3.8, 4) is 5.75 Å². The predicted octanol–water partition coefficient (Wildman–Crippen LogP) is 3.29. The molecule has 0 amide bonds. The lowest BCUT2D eigenvalue weighted by atomic mass is 10.1. The number of nitrogens with zero attached hydrogens (tertiary/aromatic N) is 2. The zero-order valence-electron chi connectivity index (χ0n) is 15.8. The Bertz CT molecular complexity index is 743. The van der Waals surface area contributed by atoms with E-state index in [0.717, 1.165) is 43.2 Å². The Morgan fingerprint density at radius 2 is 1.67 bits per heavy atom. The maximum Gasteiger partial charge on any atom is 0.269 e. The molecular formula is C20H26N4O3. The van der Waals surface area contributed by atoms with Crippen molar-refractivity contribution < 1.29 is 9.66 Å². The zero-order valence-corrected chi connectivity index (χ0v) is 15.8. The smallest absolute Gasteiger partial charge is 0.269 e. The summed E-state index contributed by atoms with van der Waals surface area (Å²) in [5.41, 5.74) is 2.23. The van der Waals surface area contributed by atoms with Crippen LogP contribution in [0.3, 0.4) is 0 Å². The number of benzene rings is 2. The van der Waals surface area contributed by atoms with Gasteiger partial charge in [-0.2, -0.15) is 0 Å². The fourth-order valence-corrected chi connectivity index (χ4v) is 2.43. The third-order valence-electron chi connectivity index (χ3n) is 3.97. The average molecular weight is 370 g/mol. The van der Waals surface area contributed by atoms with E-state index in [1.807, 2.05) is 24.3 Å². The molecule has 2 aromatic carbocycles. The van der Waals surface area contributed by atoms with Gasteiger partial charge in [0.15, 0.2) is 5.96 Å². The summed E-state index contributed by atoms with van der Waals surface area (Å²) in [6.07, 6.45) is 1.87. The number of hydrogen-bond donors (Lipinski definition) is 2. The molecule has 2 aromatic rings. The fraction of sp³-hybridized carbons (Fsp3) is 0.350. The topological polar surface area (TPSA) is 88.8 Å². The molecule has 0 unspecified atom stereocenters. The highest BCUT2D eigenvalue weighted by molar-refractivity contribution is 5.79. The molecule has 0 spiro atoms. The molecule has 2 N–H and O–H groups in total. The quantitative estimate of drug-likeness (QED) is 0.306. The van der Waals surface area contributed by atoms with Crippen molar-refractivity contribution in [1.82, 2.24) is 10.6 Å². The van der Waals surface area contributed by atoms with E-state index in [0.29, 0.717) is 6.54 Å². The van der Waals surface area contributed by atoms with Gasteiger partial charge in [0.2, 0.25) is 0 Å². The summed E-state index contributed by atoms with van der Waals surface area (Å²) in [4.78, 5) is 14.9. The summed E-state index contributed by atoms with van der Waals surface area (Å²) in [5.74, 6) is 1.59. The highest BCUT2D eigenvalue weighted by Crippen LogP contribution is 2.13. The van der Waals surface area contributed by atoms with Crippen molar-refractivity contribution in [3.05, 3.63) is 69.8 Å². The van der Waals surface area contributed by atoms with Crippen LogP contribution < -0.4 is 15.4 Å². The van der Waals surface area contributed by atoms with Gasteiger partial charge in [0, 0.05) is 25.2 Å². The van der Waals surface area contributed by atoms with Crippen molar-refractivity contribution in [2.75, 3.05) is 20.2 Å². The average Bonchev–Trinajstić information content (AvgIpc) is 2.70. The number of nitro benzene ring substituents is 1. The Kier molecular flexibility index (Phi) is 8.09. The normalized spacial score (nSPS) is 11.1. The summed E-state index contributed by atoms with van der Waals surface area (Å²) in [7, 11) is 1.66. The van der Waals surface area contributed by atoms with Gasteiger partial charge < -0.3 is 15.4 Å². The van der Waals surface area contributed by atoms with Gasteiger partial charge in [0.1, 0.15) is 5.75 Å². The molecule has 0 saturated heterocycles. The van der Waals surface area contributed by atoms with Crippen molar-refractivity contribution >= 4 is 11.6 Å². The molecule has 0 heterocycles. The molecule has 27 heavy (non-hydrogen) atoms. The van der Waals surface area contributed by atoms with Crippen LogP contribution in [0.2, 0.25) is 0 Å². The minimum absolute atomic E-state index is 0.0877. The van der Waals surface area contributed by atoms with E-state index in [1.54, 1.807) is 19.2 Å². The summed E-state index contributed by atoms with van der Waals surface area (Å²) >= 11 is 0. The molecule has 0 fully saturated rings. The number of rotatable bonds is 9. The lowest BCUT2D eigenvalue weighted by Crippen LogP contribution is -2.38. The van der Waals surface area contributed by atoms with Gasteiger partial charge in [-0.15, -0.1) is 0 Å². The maximum absolute atomic E-state index is 10.7. The SMILES string of the molecule is CCCNC(=NCc1ccc([N+](=O)[O-])cc1)NCCc1ccc(OC)cc1. The van der Waals surface area contributed by atoms with Gasteiger partial charge >= 0.3 is 0 Å². The van der Waals surface area contributed by atoms with E-state index in [9.17, 15) is 10.1 Å². The highest BCUT2D eigenvalue weighted by atomic mass is 16.6. The van der Waals surface area contributed by atoms with Crippen LogP contribution in [0.15, 0.2) is 53.5 Å². The first-order valence-corrected chi connectivity index (χ1v) is 9.01. The first-order chi connectivity index (χ1) is 13.1. The second-order valence-corrected chi connectivity index (χ2v) is 6.04. The molecule has 7 heteroatoms. The van der Waals surface area contributed by atoms with Crippen molar-refractivity contribution in [2.24, 2.45) is 4.99 Å². The summed E-state index contributed by atoms with van der Waals surface area (Å²) in [5, 5.41) is 17.3. The number of methoxy groups -OCH3 is 1. The lowest BCUT2D eigenvalue weighted by Gasteiger charge is -2.12. The van der Waals surface area contributed by atoms with Gasteiger partial charge in [0.25, 0.3) is 5.69 Å². The fourth-order valence-electron chi connectivity index (χ4n) is 2.43. The molecule has 0 aromatic heterocycles. The number of nitro groups is 1. The van der Waals surface area contributed by atoms with Gasteiger partial charge in [0.05, 0.1) is 18.6 Å². The Hall–Kier alpha value is -3.09. The summed E-state index contributed by atoms with van der Waals surface area (Å²) < 4.78 is 5.17. The number of guanidine groups is 1. The largest absolute Gasteiger partial charge is 0.497 e. The molecule has 0 saturated carbocycles. The monoisotopic (exact) mass is 370 g/mol. The van der Waals surface area contributed by atoms with E-state index in [-0.39, 0.29) is 5.69 Å². The minimum atomic E-state index is -0.401. The molecule has 0 aliphatic carbocycles. The van der Waals surface area contributed by atoms with Crippen LogP contribution in [0.5, 0.6) is 5.75 Å².